The van der Waals surface area contributed by atoms with Gasteiger partial charge in [0.1, 0.15) is 6.29 Å². The van der Waals surface area contributed by atoms with Crippen LogP contribution >= 0.6 is 0 Å². The van der Waals surface area contributed by atoms with Gasteiger partial charge in [0, 0.05) is 25.4 Å². The molecule has 2 atom stereocenters. The SMILES string of the molecule is [CH2-]OC(O)[C@H](C)C12CC3CC(CC(C3)C1)C2.[Rh]. The molecule has 17 heavy (non-hydrogen) atoms. The summed E-state index contributed by atoms with van der Waals surface area (Å²) in [6, 6.07) is 0. The molecule has 0 saturated heterocycles. The van der Waals surface area contributed by atoms with Crippen LogP contribution in [0.25, 0.3) is 0 Å². The Hall–Kier alpha value is 0.543. The van der Waals surface area contributed by atoms with Crippen molar-refractivity contribution in [1.82, 2.24) is 0 Å². The quantitative estimate of drug-likeness (QED) is 0.491. The standard InChI is InChI=1S/C14H23O2.Rh/c1-9(13(15)16-2)14-6-10-3-11(7-14)5-12(4-10)8-14;/h9-13,15H,2-8H2,1H3;/q-1;/t9-,10?,11?,12?,13?,14?;/m0./s1. The van der Waals surface area contributed by atoms with Crippen molar-refractivity contribution in [3.63, 3.8) is 0 Å². The van der Waals surface area contributed by atoms with E-state index >= 15 is 0 Å². The van der Waals surface area contributed by atoms with Crippen molar-refractivity contribution >= 4 is 0 Å². The van der Waals surface area contributed by atoms with Gasteiger partial charge in [0.2, 0.25) is 0 Å². The molecule has 4 aliphatic rings. The fourth-order valence-electron chi connectivity index (χ4n) is 5.18. The van der Waals surface area contributed by atoms with Gasteiger partial charge in [-0.25, -0.2) is 7.11 Å². The maximum absolute atomic E-state index is 9.90. The third-order valence-electron chi connectivity index (χ3n) is 5.65. The number of hydrogen-bond acceptors (Lipinski definition) is 2. The van der Waals surface area contributed by atoms with E-state index in [1.807, 2.05) is 0 Å². The molecule has 0 heterocycles. The Morgan fingerprint density at radius 2 is 1.53 bits per heavy atom. The molecule has 4 aliphatic carbocycles. The number of rotatable bonds is 3. The van der Waals surface area contributed by atoms with Crippen molar-refractivity contribution in [2.75, 3.05) is 0 Å². The number of ether oxygens (including phenoxy) is 1. The summed E-state index contributed by atoms with van der Waals surface area (Å²) in [5.74, 6) is 3.06. The molecule has 1 unspecified atom stereocenters. The molecule has 3 heteroatoms. The Kier molecular flexibility index (Phi) is 4.03. The van der Waals surface area contributed by atoms with Gasteiger partial charge in [0.25, 0.3) is 0 Å². The molecule has 101 valence electrons. The van der Waals surface area contributed by atoms with Crippen molar-refractivity contribution < 1.29 is 29.3 Å². The topological polar surface area (TPSA) is 29.5 Å². The molecule has 0 aliphatic heterocycles. The van der Waals surface area contributed by atoms with Crippen LogP contribution in [0, 0.1) is 36.2 Å². The Morgan fingerprint density at radius 3 is 1.88 bits per heavy atom. The minimum absolute atomic E-state index is 0. The zero-order valence-electron chi connectivity index (χ0n) is 10.5. The van der Waals surface area contributed by atoms with E-state index in [1.165, 1.54) is 38.5 Å². The molecule has 4 saturated carbocycles. The van der Waals surface area contributed by atoms with Crippen LogP contribution in [-0.2, 0) is 24.2 Å². The van der Waals surface area contributed by atoms with Crippen molar-refractivity contribution in [3.05, 3.63) is 7.11 Å². The van der Waals surface area contributed by atoms with Gasteiger partial charge in [-0.2, -0.15) is 0 Å². The summed E-state index contributed by atoms with van der Waals surface area (Å²) in [5, 5.41) is 9.90. The van der Waals surface area contributed by atoms with Gasteiger partial charge in [-0.3, -0.25) is 0 Å². The summed E-state index contributed by atoms with van der Waals surface area (Å²) >= 11 is 0. The summed E-state index contributed by atoms with van der Waals surface area (Å²) in [6.45, 7) is 2.16. The molecular formula is C14H23O2Rh-. The molecule has 0 aromatic rings. The van der Waals surface area contributed by atoms with Gasteiger partial charge in [0.15, 0.2) is 0 Å². The average Bonchev–Trinajstić information content (AvgIpc) is 2.25. The molecule has 1 radical (unpaired) electrons. The summed E-state index contributed by atoms with van der Waals surface area (Å²) in [5.41, 5.74) is 0.367. The van der Waals surface area contributed by atoms with Gasteiger partial charge < -0.3 is 9.84 Å². The zero-order valence-corrected chi connectivity index (χ0v) is 12.2. The second-order valence-corrected chi connectivity index (χ2v) is 6.63. The number of aliphatic hydroxyl groups excluding tert-OH is 1. The van der Waals surface area contributed by atoms with Crippen LogP contribution in [0.2, 0.25) is 0 Å². The number of aliphatic hydroxyl groups is 1. The monoisotopic (exact) mass is 326 g/mol. The molecular weight excluding hydrogens is 303 g/mol. The molecule has 0 aromatic carbocycles. The summed E-state index contributed by atoms with van der Waals surface area (Å²) in [7, 11) is 3.38. The maximum Gasteiger partial charge on any atom is 0.127 e. The summed E-state index contributed by atoms with van der Waals surface area (Å²) in [4.78, 5) is 0. The second-order valence-electron chi connectivity index (χ2n) is 6.63. The summed E-state index contributed by atoms with van der Waals surface area (Å²) < 4.78 is 4.91. The Labute approximate surface area is 117 Å². The van der Waals surface area contributed by atoms with E-state index in [0.29, 0.717) is 5.41 Å². The molecule has 4 rings (SSSR count). The van der Waals surface area contributed by atoms with E-state index in [-0.39, 0.29) is 25.4 Å². The Bertz CT molecular complexity index is 244. The van der Waals surface area contributed by atoms with Crippen LogP contribution in [0.4, 0.5) is 0 Å². The van der Waals surface area contributed by atoms with E-state index in [2.05, 4.69) is 14.0 Å². The Balaban J connectivity index is 0.00000108. The molecule has 4 bridgehead atoms. The molecule has 4 fully saturated rings. The van der Waals surface area contributed by atoms with Crippen molar-refractivity contribution in [2.24, 2.45) is 29.1 Å². The van der Waals surface area contributed by atoms with Crippen LogP contribution in [0.5, 0.6) is 0 Å². The second kappa shape index (κ2) is 4.91. The summed E-state index contributed by atoms with van der Waals surface area (Å²) in [6.07, 6.45) is 7.64. The molecule has 0 amide bonds. The fraction of sp³-hybridized carbons (Fsp3) is 0.929. The molecule has 0 aromatic heterocycles. The van der Waals surface area contributed by atoms with Gasteiger partial charge in [-0.1, -0.05) is 6.92 Å². The zero-order chi connectivity index (χ0) is 11.3. The largest absolute Gasteiger partial charge is 0.533 e. The normalized spacial score (nSPS) is 46.4. The van der Waals surface area contributed by atoms with Crippen LogP contribution in [0.1, 0.15) is 45.4 Å². The predicted molar refractivity (Wildman–Crippen MR) is 62.2 cm³/mol. The van der Waals surface area contributed by atoms with E-state index in [4.69, 9.17) is 4.74 Å². The first-order chi connectivity index (χ1) is 7.63. The van der Waals surface area contributed by atoms with Crippen molar-refractivity contribution in [3.8, 4) is 0 Å². The van der Waals surface area contributed by atoms with Crippen LogP contribution < -0.4 is 0 Å². The molecule has 0 spiro atoms. The van der Waals surface area contributed by atoms with Gasteiger partial charge in [0.05, 0.1) is 0 Å². The minimum Gasteiger partial charge on any atom is -0.533 e. The Morgan fingerprint density at radius 1 is 1.12 bits per heavy atom. The van der Waals surface area contributed by atoms with Crippen LogP contribution in [-0.4, -0.2) is 11.4 Å². The van der Waals surface area contributed by atoms with Gasteiger partial charge in [-0.05, 0) is 61.7 Å². The predicted octanol–water partition coefficient (Wildman–Crippen LogP) is 2.96. The van der Waals surface area contributed by atoms with E-state index in [0.717, 1.165) is 17.8 Å². The van der Waals surface area contributed by atoms with E-state index < -0.39 is 6.29 Å². The van der Waals surface area contributed by atoms with Gasteiger partial charge in [-0.15, -0.1) is 0 Å². The third-order valence-corrected chi connectivity index (χ3v) is 5.65. The maximum atomic E-state index is 9.90. The first-order valence-corrected chi connectivity index (χ1v) is 6.72. The molecule has 1 N–H and O–H groups in total. The van der Waals surface area contributed by atoms with Crippen molar-refractivity contribution in [1.29, 1.82) is 0 Å². The average molecular weight is 326 g/mol. The first kappa shape index (κ1) is 14.0. The minimum atomic E-state index is -0.670. The van der Waals surface area contributed by atoms with Crippen molar-refractivity contribution in [2.45, 2.75) is 51.7 Å². The van der Waals surface area contributed by atoms with E-state index in [9.17, 15) is 5.11 Å². The van der Waals surface area contributed by atoms with E-state index in [1.54, 1.807) is 0 Å². The van der Waals surface area contributed by atoms with Crippen LogP contribution in [0.3, 0.4) is 0 Å². The number of hydrogen-bond donors (Lipinski definition) is 1. The van der Waals surface area contributed by atoms with Crippen LogP contribution in [0.15, 0.2) is 0 Å². The fourth-order valence-corrected chi connectivity index (χ4v) is 5.18. The third kappa shape index (κ3) is 2.24. The first-order valence-electron chi connectivity index (χ1n) is 6.72. The van der Waals surface area contributed by atoms with Gasteiger partial charge >= 0.3 is 0 Å². The smallest absolute Gasteiger partial charge is 0.127 e. The molecule has 2 nitrogen and oxygen atoms in total.